The van der Waals surface area contributed by atoms with Crippen LogP contribution in [0.25, 0.3) is 0 Å². The molecule has 2 heterocycles. The monoisotopic (exact) mass is 325 g/mol. The Morgan fingerprint density at radius 2 is 2.27 bits per heavy atom. The molecule has 5 nitrogen and oxygen atoms in total. The fourth-order valence-electron chi connectivity index (χ4n) is 2.11. The van der Waals surface area contributed by atoms with Crippen molar-refractivity contribution in [2.45, 2.75) is 57.9 Å². The van der Waals surface area contributed by atoms with E-state index in [0.717, 1.165) is 17.4 Å². The van der Waals surface area contributed by atoms with Crippen LogP contribution in [0.5, 0.6) is 0 Å². The van der Waals surface area contributed by atoms with Crippen molar-refractivity contribution in [2.75, 3.05) is 12.4 Å². The fraction of sp³-hybridized carbons (Fsp3) is 0.688. The lowest BCUT2D eigenvalue weighted by Crippen LogP contribution is -2.42. The largest absolute Gasteiger partial charge is 0.372 e. The third kappa shape index (κ3) is 5.04. The molecule has 2 atom stereocenters. The molecule has 0 amide bonds. The first-order valence-corrected chi connectivity index (χ1v) is 8.71. The van der Waals surface area contributed by atoms with E-state index >= 15 is 0 Å². The molecule has 1 N–H and O–H groups in total. The molecule has 6 heteroatoms. The van der Waals surface area contributed by atoms with Gasteiger partial charge in [-0.3, -0.25) is 4.99 Å². The van der Waals surface area contributed by atoms with E-state index in [-0.39, 0.29) is 23.3 Å². The third-order valence-electron chi connectivity index (χ3n) is 3.07. The predicted molar refractivity (Wildman–Crippen MR) is 92.6 cm³/mol. The molecule has 2 aliphatic rings. The van der Waals surface area contributed by atoms with Crippen LogP contribution in [0, 0.1) is 0 Å². The van der Waals surface area contributed by atoms with Crippen molar-refractivity contribution in [3.05, 3.63) is 24.7 Å². The molecule has 2 rings (SSSR count). The Morgan fingerprint density at radius 1 is 1.55 bits per heavy atom. The number of thioether (sulfide) groups is 1. The van der Waals surface area contributed by atoms with Gasteiger partial charge in [0, 0.05) is 18.0 Å². The first kappa shape index (κ1) is 17.4. The van der Waals surface area contributed by atoms with Gasteiger partial charge in [0.05, 0.1) is 12.2 Å². The van der Waals surface area contributed by atoms with E-state index in [1.54, 1.807) is 11.8 Å². The molecule has 0 saturated carbocycles. The Labute approximate surface area is 137 Å². The van der Waals surface area contributed by atoms with Crippen LogP contribution in [0.1, 0.15) is 34.6 Å². The first-order chi connectivity index (χ1) is 10.2. The average molecular weight is 325 g/mol. The molecule has 0 spiro atoms. The van der Waals surface area contributed by atoms with Gasteiger partial charge < -0.3 is 19.7 Å². The highest BCUT2D eigenvalue weighted by Gasteiger charge is 2.32. The van der Waals surface area contributed by atoms with Gasteiger partial charge in [-0.2, -0.15) is 0 Å². The summed E-state index contributed by atoms with van der Waals surface area (Å²) in [7, 11) is 0. The average Bonchev–Trinajstić information content (AvgIpc) is 2.83. The van der Waals surface area contributed by atoms with Gasteiger partial charge >= 0.3 is 0 Å². The first-order valence-electron chi connectivity index (χ1n) is 7.66. The third-order valence-corrected chi connectivity index (χ3v) is 4.17. The van der Waals surface area contributed by atoms with E-state index in [1.807, 2.05) is 31.0 Å². The predicted octanol–water partition coefficient (Wildman–Crippen LogP) is 2.91. The maximum absolute atomic E-state index is 6.05. The molecule has 1 fully saturated rings. The number of amidine groups is 1. The molecule has 0 aromatic carbocycles. The number of hydrogen-bond donors (Lipinski definition) is 1. The zero-order chi connectivity index (χ0) is 16.3. The van der Waals surface area contributed by atoms with E-state index < -0.39 is 0 Å². The van der Waals surface area contributed by atoms with Crippen molar-refractivity contribution in [1.29, 1.82) is 0 Å². The highest BCUT2D eigenvalue weighted by Crippen LogP contribution is 2.30. The van der Waals surface area contributed by atoms with Crippen LogP contribution in [0.15, 0.2) is 29.7 Å². The normalized spacial score (nSPS) is 27.8. The van der Waals surface area contributed by atoms with Crippen molar-refractivity contribution in [3.8, 4) is 0 Å². The molecule has 1 saturated heterocycles. The number of nitrogens with one attached hydrogen (secondary N) is 1. The number of aliphatic imine (C=N–C) groups is 1. The Balaban J connectivity index is 1.90. The standard InChI is InChI=1S/C16H27N3O2S/c1-11(2)17-13-7-8-19(12(3)18-13)14-10-22-15(21-14)9-20-16(4,5)6/h7-8,11,14-15H,3,9-10H2,1-2,4-6H3,(H,17,18)/t14-,15+/m1/s1. The van der Waals surface area contributed by atoms with Crippen LogP contribution in [0.4, 0.5) is 0 Å². The van der Waals surface area contributed by atoms with Crippen molar-refractivity contribution in [2.24, 2.45) is 4.99 Å². The van der Waals surface area contributed by atoms with Crippen molar-refractivity contribution < 1.29 is 9.47 Å². The topological polar surface area (TPSA) is 46.1 Å². The maximum atomic E-state index is 6.05. The van der Waals surface area contributed by atoms with Gasteiger partial charge in [-0.1, -0.05) is 6.58 Å². The molecule has 0 aliphatic carbocycles. The number of hydrogen-bond acceptors (Lipinski definition) is 5. The van der Waals surface area contributed by atoms with Crippen LogP contribution in [0.3, 0.4) is 0 Å². The summed E-state index contributed by atoms with van der Waals surface area (Å²) < 4.78 is 11.9. The smallest absolute Gasteiger partial charge is 0.145 e. The van der Waals surface area contributed by atoms with E-state index in [0.29, 0.717) is 6.61 Å². The summed E-state index contributed by atoms with van der Waals surface area (Å²) in [5.41, 5.74) is -0.0726. The molecule has 0 aromatic rings. The second-order valence-electron chi connectivity index (χ2n) is 6.68. The van der Waals surface area contributed by atoms with Crippen LogP contribution in [-0.2, 0) is 9.47 Å². The summed E-state index contributed by atoms with van der Waals surface area (Å²) in [6.45, 7) is 14.9. The molecular formula is C16H27N3O2S. The molecule has 0 radical (unpaired) electrons. The van der Waals surface area contributed by atoms with Gasteiger partial charge in [0.2, 0.25) is 0 Å². The summed E-state index contributed by atoms with van der Waals surface area (Å²) in [6.07, 6.45) is 3.93. The molecule has 0 unspecified atom stereocenters. The summed E-state index contributed by atoms with van der Waals surface area (Å²) in [5.74, 6) is 2.53. The molecule has 0 aromatic heterocycles. The van der Waals surface area contributed by atoms with Gasteiger partial charge in [0.1, 0.15) is 23.3 Å². The lowest BCUT2D eigenvalue weighted by molar-refractivity contribution is -0.0754. The van der Waals surface area contributed by atoms with E-state index in [9.17, 15) is 0 Å². The van der Waals surface area contributed by atoms with Crippen molar-refractivity contribution in [3.63, 3.8) is 0 Å². The second kappa shape index (κ2) is 7.06. The van der Waals surface area contributed by atoms with Crippen molar-refractivity contribution >= 4 is 17.6 Å². The lowest BCUT2D eigenvalue weighted by atomic mass is 10.2. The Kier molecular flexibility index (Phi) is 5.58. The molecule has 2 aliphatic heterocycles. The second-order valence-corrected chi connectivity index (χ2v) is 7.87. The molecule has 124 valence electrons. The lowest BCUT2D eigenvalue weighted by Gasteiger charge is -2.32. The Hall–Kier alpha value is -0.980. The van der Waals surface area contributed by atoms with E-state index in [1.165, 1.54) is 0 Å². The molecular weight excluding hydrogens is 298 g/mol. The van der Waals surface area contributed by atoms with Gasteiger partial charge in [-0.15, -0.1) is 11.8 Å². The minimum Gasteiger partial charge on any atom is -0.372 e. The van der Waals surface area contributed by atoms with Crippen LogP contribution in [0.2, 0.25) is 0 Å². The highest BCUT2D eigenvalue weighted by atomic mass is 32.2. The summed E-state index contributed by atoms with van der Waals surface area (Å²) >= 11 is 1.78. The Bertz CT molecular complexity index is 469. The summed E-state index contributed by atoms with van der Waals surface area (Å²) in [6, 6.07) is 0.253. The molecule has 0 bridgehead atoms. The van der Waals surface area contributed by atoms with E-state index in [2.05, 4.69) is 37.7 Å². The van der Waals surface area contributed by atoms with Gasteiger partial charge in [0.25, 0.3) is 0 Å². The van der Waals surface area contributed by atoms with Gasteiger partial charge in [0.15, 0.2) is 0 Å². The number of rotatable bonds is 4. The quantitative estimate of drug-likeness (QED) is 0.861. The number of ether oxygens (including phenoxy) is 2. The molecule has 22 heavy (non-hydrogen) atoms. The van der Waals surface area contributed by atoms with Crippen molar-refractivity contribution in [1.82, 2.24) is 10.2 Å². The minimum atomic E-state index is -0.138. The van der Waals surface area contributed by atoms with Crippen LogP contribution in [-0.4, -0.2) is 46.4 Å². The summed E-state index contributed by atoms with van der Waals surface area (Å²) in [5, 5.41) is 3.22. The summed E-state index contributed by atoms with van der Waals surface area (Å²) in [4.78, 5) is 6.50. The van der Waals surface area contributed by atoms with Crippen LogP contribution >= 0.6 is 11.8 Å². The maximum Gasteiger partial charge on any atom is 0.145 e. The minimum absolute atomic E-state index is 0.0181. The van der Waals surface area contributed by atoms with E-state index in [4.69, 9.17) is 9.47 Å². The SMILES string of the molecule is C=C1NC(=NC(C)C)C=CN1[C@H]1CS[C@@H](COC(C)(C)C)O1. The van der Waals surface area contributed by atoms with Gasteiger partial charge in [-0.05, 0) is 40.7 Å². The van der Waals surface area contributed by atoms with Crippen LogP contribution < -0.4 is 5.32 Å². The Morgan fingerprint density at radius 3 is 2.86 bits per heavy atom. The highest BCUT2D eigenvalue weighted by molar-refractivity contribution is 8.00. The van der Waals surface area contributed by atoms with Gasteiger partial charge in [-0.25, -0.2) is 0 Å². The zero-order valence-corrected chi connectivity index (χ0v) is 14.9. The fourth-order valence-corrected chi connectivity index (χ4v) is 3.10. The zero-order valence-electron chi connectivity index (χ0n) is 14.1. The number of nitrogens with zero attached hydrogens (tertiary/aromatic N) is 2.